The Morgan fingerprint density at radius 3 is 2.60 bits per heavy atom. The van der Waals surface area contributed by atoms with Crippen molar-refractivity contribution in [3.8, 4) is 0 Å². The summed E-state index contributed by atoms with van der Waals surface area (Å²) in [6.07, 6.45) is 6.47. The lowest BCUT2D eigenvalue weighted by Gasteiger charge is -2.39. The number of likely N-dealkylation sites (tertiary alicyclic amines) is 2. The first kappa shape index (κ1) is 22.3. The van der Waals surface area contributed by atoms with Gasteiger partial charge in [0.2, 0.25) is 5.91 Å². The predicted molar refractivity (Wildman–Crippen MR) is 111 cm³/mol. The molecular weight excluding hydrogens is 386 g/mol. The number of ether oxygens (including phenoxy) is 1. The minimum atomic E-state index is -0.235. The minimum Gasteiger partial charge on any atom is -0.466 e. The van der Waals surface area contributed by atoms with Crippen LogP contribution in [0.4, 0.5) is 0 Å². The molecule has 2 aliphatic heterocycles. The van der Waals surface area contributed by atoms with E-state index >= 15 is 0 Å². The Kier molecular flexibility index (Phi) is 7.47. The highest BCUT2D eigenvalue weighted by atomic mass is 16.5. The van der Waals surface area contributed by atoms with Crippen LogP contribution in [0.15, 0.2) is 12.4 Å². The maximum Gasteiger partial charge on any atom is 0.310 e. The highest BCUT2D eigenvalue weighted by molar-refractivity contribution is 5.93. The molecule has 2 fully saturated rings. The molecule has 0 spiro atoms. The summed E-state index contributed by atoms with van der Waals surface area (Å²) in [4.78, 5) is 41.4. The van der Waals surface area contributed by atoms with Gasteiger partial charge in [0.05, 0.1) is 30.3 Å². The number of amides is 2. The second-order valence-electron chi connectivity index (χ2n) is 8.24. The van der Waals surface area contributed by atoms with Gasteiger partial charge in [0, 0.05) is 45.5 Å². The molecule has 0 saturated carbocycles. The molecule has 2 saturated heterocycles. The standard InChI is InChI=1S/C21H33N5O4/c1-4-30-21(29)16-6-5-9-26(14-16)20(28)15(2)25-10-7-18(8-11-25)23-19(27)17-12-22-24(3)13-17/h12-13,15-16,18H,4-11,14H2,1-3H3,(H,23,27). The number of rotatable bonds is 6. The zero-order valence-electron chi connectivity index (χ0n) is 18.2. The molecule has 3 heterocycles. The first-order valence-electron chi connectivity index (χ1n) is 10.9. The van der Waals surface area contributed by atoms with Gasteiger partial charge in [-0.2, -0.15) is 5.10 Å². The van der Waals surface area contributed by atoms with Crippen LogP contribution >= 0.6 is 0 Å². The second-order valence-corrected chi connectivity index (χ2v) is 8.24. The Balaban J connectivity index is 1.47. The summed E-state index contributed by atoms with van der Waals surface area (Å²) in [7, 11) is 1.78. The maximum absolute atomic E-state index is 13.0. The van der Waals surface area contributed by atoms with Gasteiger partial charge >= 0.3 is 5.97 Å². The van der Waals surface area contributed by atoms with Gasteiger partial charge in [0.25, 0.3) is 5.91 Å². The molecule has 0 radical (unpaired) electrons. The van der Waals surface area contributed by atoms with Crippen molar-refractivity contribution < 1.29 is 19.1 Å². The fourth-order valence-electron chi connectivity index (χ4n) is 4.29. The number of nitrogens with one attached hydrogen (secondary N) is 1. The van der Waals surface area contributed by atoms with Crippen molar-refractivity contribution in [2.75, 3.05) is 32.8 Å². The van der Waals surface area contributed by atoms with Crippen molar-refractivity contribution in [3.63, 3.8) is 0 Å². The van der Waals surface area contributed by atoms with Crippen LogP contribution in [0.2, 0.25) is 0 Å². The summed E-state index contributed by atoms with van der Waals surface area (Å²) in [6, 6.07) is -0.139. The topological polar surface area (TPSA) is 96.8 Å². The number of carbonyl (C=O) groups excluding carboxylic acids is 3. The number of aryl methyl sites for hydroxylation is 1. The van der Waals surface area contributed by atoms with Crippen molar-refractivity contribution in [1.29, 1.82) is 0 Å². The third-order valence-electron chi connectivity index (χ3n) is 6.09. The van der Waals surface area contributed by atoms with Crippen molar-refractivity contribution in [3.05, 3.63) is 18.0 Å². The van der Waals surface area contributed by atoms with E-state index in [1.54, 1.807) is 31.0 Å². The summed E-state index contributed by atoms with van der Waals surface area (Å²) in [5, 5.41) is 7.10. The van der Waals surface area contributed by atoms with Gasteiger partial charge in [-0.3, -0.25) is 24.0 Å². The van der Waals surface area contributed by atoms with E-state index in [1.807, 2.05) is 11.8 Å². The summed E-state index contributed by atoms with van der Waals surface area (Å²) in [6.45, 7) is 6.74. The second kappa shape index (κ2) is 10.1. The zero-order valence-corrected chi connectivity index (χ0v) is 18.2. The predicted octanol–water partition coefficient (Wildman–Crippen LogP) is 0.805. The van der Waals surface area contributed by atoms with Crippen LogP contribution in [-0.4, -0.2) is 82.2 Å². The number of nitrogens with zero attached hydrogens (tertiary/aromatic N) is 4. The van der Waals surface area contributed by atoms with Gasteiger partial charge in [-0.1, -0.05) is 0 Å². The SMILES string of the molecule is CCOC(=O)C1CCCN(C(=O)C(C)N2CCC(NC(=O)c3cnn(C)c3)CC2)C1. The molecule has 9 heteroatoms. The Morgan fingerprint density at radius 2 is 1.97 bits per heavy atom. The average Bonchev–Trinajstić information content (AvgIpc) is 3.20. The molecule has 166 valence electrons. The first-order valence-corrected chi connectivity index (χ1v) is 10.9. The Bertz CT molecular complexity index is 756. The molecule has 3 rings (SSSR count). The van der Waals surface area contributed by atoms with Crippen molar-refractivity contribution >= 4 is 17.8 Å². The maximum atomic E-state index is 13.0. The molecule has 0 bridgehead atoms. The molecule has 2 amide bonds. The fourth-order valence-corrected chi connectivity index (χ4v) is 4.29. The molecule has 1 N–H and O–H groups in total. The lowest BCUT2D eigenvalue weighted by atomic mass is 9.97. The summed E-state index contributed by atoms with van der Waals surface area (Å²) in [5.74, 6) is -0.457. The van der Waals surface area contributed by atoms with Gasteiger partial charge in [-0.15, -0.1) is 0 Å². The van der Waals surface area contributed by atoms with Crippen molar-refractivity contribution in [1.82, 2.24) is 24.9 Å². The fraction of sp³-hybridized carbons (Fsp3) is 0.714. The average molecular weight is 420 g/mol. The number of aromatic nitrogens is 2. The van der Waals surface area contributed by atoms with Crippen LogP contribution in [-0.2, 0) is 21.4 Å². The van der Waals surface area contributed by atoms with Crippen LogP contribution in [0, 0.1) is 5.92 Å². The Morgan fingerprint density at radius 1 is 1.23 bits per heavy atom. The lowest BCUT2D eigenvalue weighted by Crippen LogP contribution is -2.54. The van der Waals surface area contributed by atoms with Crippen LogP contribution in [0.3, 0.4) is 0 Å². The van der Waals surface area contributed by atoms with E-state index in [1.165, 1.54) is 0 Å². The molecule has 1 aromatic rings. The van der Waals surface area contributed by atoms with Gasteiger partial charge in [-0.05, 0) is 39.5 Å². The Labute approximate surface area is 177 Å². The number of piperidine rings is 2. The van der Waals surface area contributed by atoms with Gasteiger partial charge < -0.3 is 15.0 Å². The molecule has 9 nitrogen and oxygen atoms in total. The van der Waals surface area contributed by atoms with Crippen molar-refractivity contribution in [2.24, 2.45) is 13.0 Å². The third-order valence-corrected chi connectivity index (χ3v) is 6.09. The number of carbonyl (C=O) groups is 3. The molecule has 2 atom stereocenters. The van der Waals surface area contributed by atoms with Crippen molar-refractivity contribution in [2.45, 2.75) is 51.6 Å². The van der Waals surface area contributed by atoms with E-state index in [0.717, 1.165) is 38.8 Å². The summed E-state index contributed by atoms with van der Waals surface area (Å²) >= 11 is 0. The van der Waals surface area contributed by atoms with Gasteiger partial charge in [-0.25, -0.2) is 0 Å². The minimum absolute atomic E-state index is 0.0712. The van der Waals surface area contributed by atoms with E-state index in [9.17, 15) is 14.4 Å². The van der Waals surface area contributed by atoms with Gasteiger partial charge in [0.1, 0.15) is 0 Å². The van der Waals surface area contributed by atoms with Crippen LogP contribution in [0.1, 0.15) is 49.9 Å². The third kappa shape index (κ3) is 5.38. The van der Waals surface area contributed by atoms with E-state index in [-0.39, 0.29) is 35.8 Å². The van der Waals surface area contributed by atoms with Gasteiger partial charge in [0.15, 0.2) is 0 Å². The first-order chi connectivity index (χ1) is 14.4. The smallest absolute Gasteiger partial charge is 0.310 e. The molecule has 0 aliphatic carbocycles. The normalized spacial score (nSPS) is 21.8. The van der Waals surface area contributed by atoms with E-state index in [0.29, 0.717) is 25.3 Å². The molecule has 2 unspecified atom stereocenters. The van der Waals surface area contributed by atoms with Crippen LogP contribution in [0.25, 0.3) is 0 Å². The monoisotopic (exact) mass is 419 g/mol. The largest absolute Gasteiger partial charge is 0.466 e. The quantitative estimate of drug-likeness (QED) is 0.686. The molecule has 2 aliphatic rings. The van der Waals surface area contributed by atoms with E-state index in [2.05, 4.69) is 15.3 Å². The van der Waals surface area contributed by atoms with E-state index < -0.39 is 0 Å². The molecule has 0 aromatic carbocycles. The lowest BCUT2D eigenvalue weighted by molar-refractivity contribution is -0.152. The molecular formula is C21H33N5O4. The summed E-state index contributed by atoms with van der Waals surface area (Å²) < 4.78 is 6.74. The molecule has 30 heavy (non-hydrogen) atoms. The highest BCUT2D eigenvalue weighted by Crippen LogP contribution is 2.21. The van der Waals surface area contributed by atoms with Crippen LogP contribution in [0.5, 0.6) is 0 Å². The molecule has 1 aromatic heterocycles. The number of hydrogen-bond donors (Lipinski definition) is 1. The Hall–Kier alpha value is -2.42. The number of hydrogen-bond acceptors (Lipinski definition) is 6. The van der Waals surface area contributed by atoms with Crippen LogP contribution < -0.4 is 5.32 Å². The number of esters is 1. The highest BCUT2D eigenvalue weighted by Gasteiger charge is 2.34. The van der Waals surface area contributed by atoms with E-state index in [4.69, 9.17) is 4.74 Å². The summed E-state index contributed by atoms with van der Waals surface area (Å²) in [5.41, 5.74) is 0.560. The zero-order chi connectivity index (χ0) is 21.7.